The molecule has 2 fully saturated rings. The molecule has 2 saturated heterocycles. The molecule has 3 heteroatoms. The normalized spacial score (nSPS) is 32.4. The highest BCUT2D eigenvalue weighted by molar-refractivity contribution is 4.86. The predicted octanol–water partition coefficient (Wildman–Crippen LogP) is 2.43. The first-order valence-corrected chi connectivity index (χ1v) is 8.76. The second kappa shape index (κ2) is 7.77. The van der Waals surface area contributed by atoms with Gasteiger partial charge in [0, 0.05) is 25.2 Å². The van der Waals surface area contributed by atoms with Crippen LogP contribution in [-0.4, -0.2) is 61.7 Å². The molecule has 0 aromatic rings. The first-order valence-electron chi connectivity index (χ1n) is 8.76. The lowest BCUT2D eigenvalue weighted by atomic mass is 9.92. The Morgan fingerprint density at radius 1 is 1.25 bits per heavy atom. The maximum Gasteiger partial charge on any atom is 0.0221 e. The van der Waals surface area contributed by atoms with Crippen LogP contribution in [0.4, 0.5) is 0 Å². The summed E-state index contributed by atoms with van der Waals surface area (Å²) in [5.41, 5.74) is 0. The zero-order valence-electron chi connectivity index (χ0n) is 14.1. The van der Waals surface area contributed by atoms with Crippen LogP contribution in [-0.2, 0) is 0 Å². The number of nitrogens with one attached hydrogen (secondary N) is 1. The Hall–Kier alpha value is -0.120. The summed E-state index contributed by atoms with van der Waals surface area (Å²) >= 11 is 0. The van der Waals surface area contributed by atoms with E-state index in [9.17, 15) is 0 Å². The quantitative estimate of drug-likeness (QED) is 0.835. The van der Waals surface area contributed by atoms with Crippen LogP contribution in [0, 0.1) is 11.8 Å². The Bertz CT molecular complexity index is 273. The number of piperazine rings is 1. The molecule has 0 amide bonds. The lowest BCUT2D eigenvalue weighted by Gasteiger charge is -2.42. The fourth-order valence-corrected chi connectivity index (χ4v) is 3.62. The molecular weight excluding hydrogens is 246 g/mol. The van der Waals surface area contributed by atoms with E-state index < -0.39 is 0 Å². The van der Waals surface area contributed by atoms with Gasteiger partial charge in [0.05, 0.1) is 0 Å². The van der Waals surface area contributed by atoms with Crippen LogP contribution in [0.2, 0.25) is 0 Å². The van der Waals surface area contributed by atoms with Crippen LogP contribution in [0.5, 0.6) is 0 Å². The molecule has 0 radical (unpaired) electrons. The highest BCUT2D eigenvalue weighted by Crippen LogP contribution is 2.22. The SMILES string of the molecule is CCC(C)C1CN(CCC2CCN(C)CC2)C(C)CN1. The molecule has 118 valence electrons. The van der Waals surface area contributed by atoms with E-state index in [-0.39, 0.29) is 0 Å². The molecular formula is C17H35N3. The summed E-state index contributed by atoms with van der Waals surface area (Å²) in [6, 6.07) is 1.41. The lowest BCUT2D eigenvalue weighted by Crippen LogP contribution is -2.57. The number of rotatable bonds is 5. The molecule has 3 atom stereocenters. The average molecular weight is 281 g/mol. The van der Waals surface area contributed by atoms with Crippen molar-refractivity contribution in [1.82, 2.24) is 15.1 Å². The topological polar surface area (TPSA) is 18.5 Å². The van der Waals surface area contributed by atoms with Gasteiger partial charge in [0.25, 0.3) is 0 Å². The summed E-state index contributed by atoms with van der Waals surface area (Å²) in [7, 11) is 2.26. The summed E-state index contributed by atoms with van der Waals surface area (Å²) < 4.78 is 0. The number of hydrogen-bond donors (Lipinski definition) is 1. The van der Waals surface area contributed by atoms with E-state index in [2.05, 4.69) is 42.9 Å². The third kappa shape index (κ3) is 4.44. The fraction of sp³-hybridized carbons (Fsp3) is 1.00. The molecule has 0 saturated carbocycles. The Balaban J connectivity index is 1.75. The minimum Gasteiger partial charge on any atom is -0.311 e. The Morgan fingerprint density at radius 2 is 1.95 bits per heavy atom. The molecule has 3 unspecified atom stereocenters. The summed E-state index contributed by atoms with van der Waals surface area (Å²) in [6.45, 7) is 13.4. The van der Waals surface area contributed by atoms with Gasteiger partial charge in [0.2, 0.25) is 0 Å². The summed E-state index contributed by atoms with van der Waals surface area (Å²) in [5, 5.41) is 3.74. The van der Waals surface area contributed by atoms with Crippen molar-refractivity contribution in [3.63, 3.8) is 0 Å². The van der Waals surface area contributed by atoms with Crippen molar-refractivity contribution < 1.29 is 0 Å². The van der Waals surface area contributed by atoms with E-state index in [4.69, 9.17) is 0 Å². The van der Waals surface area contributed by atoms with Crippen molar-refractivity contribution in [2.75, 3.05) is 39.8 Å². The second-order valence-electron chi connectivity index (χ2n) is 7.28. The molecule has 0 spiro atoms. The molecule has 2 aliphatic heterocycles. The minimum atomic E-state index is 0.702. The third-order valence-electron chi connectivity index (χ3n) is 5.72. The van der Waals surface area contributed by atoms with Gasteiger partial charge in [-0.25, -0.2) is 0 Å². The van der Waals surface area contributed by atoms with Crippen LogP contribution in [0.1, 0.15) is 46.5 Å². The van der Waals surface area contributed by atoms with E-state index >= 15 is 0 Å². The van der Waals surface area contributed by atoms with E-state index in [0.717, 1.165) is 11.8 Å². The minimum absolute atomic E-state index is 0.702. The van der Waals surface area contributed by atoms with E-state index in [0.29, 0.717) is 12.1 Å². The van der Waals surface area contributed by atoms with Gasteiger partial charge in [-0.15, -0.1) is 0 Å². The van der Waals surface area contributed by atoms with Crippen LogP contribution in [0.15, 0.2) is 0 Å². The lowest BCUT2D eigenvalue weighted by molar-refractivity contribution is 0.104. The van der Waals surface area contributed by atoms with Crippen molar-refractivity contribution in [1.29, 1.82) is 0 Å². The van der Waals surface area contributed by atoms with Crippen LogP contribution in [0.3, 0.4) is 0 Å². The summed E-state index contributed by atoms with van der Waals surface area (Å²) in [6.07, 6.45) is 5.51. The maximum absolute atomic E-state index is 3.74. The van der Waals surface area contributed by atoms with Crippen LogP contribution >= 0.6 is 0 Å². The fourth-order valence-electron chi connectivity index (χ4n) is 3.62. The van der Waals surface area contributed by atoms with Gasteiger partial charge in [-0.05, 0) is 64.7 Å². The van der Waals surface area contributed by atoms with Crippen molar-refractivity contribution in [3.05, 3.63) is 0 Å². The van der Waals surface area contributed by atoms with Crippen molar-refractivity contribution >= 4 is 0 Å². The van der Waals surface area contributed by atoms with Gasteiger partial charge in [0.15, 0.2) is 0 Å². The average Bonchev–Trinajstić information content (AvgIpc) is 2.47. The first kappa shape index (κ1) is 16.3. The van der Waals surface area contributed by atoms with Crippen molar-refractivity contribution in [2.45, 2.75) is 58.5 Å². The highest BCUT2D eigenvalue weighted by Gasteiger charge is 2.28. The Morgan fingerprint density at radius 3 is 2.60 bits per heavy atom. The summed E-state index contributed by atoms with van der Waals surface area (Å²) in [4.78, 5) is 5.22. The van der Waals surface area contributed by atoms with Gasteiger partial charge in [-0.1, -0.05) is 20.3 Å². The number of piperidine rings is 1. The van der Waals surface area contributed by atoms with Crippen molar-refractivity contribution in [2.24, 2.45) is 11.8 Å². The zero-order chi connectivity index (χ0) is 14.5. The second-order valence-corrected chi connectivity index (χ2v) is 7.28. The number of likely N-dealkylation sites (tertiary alicyclic amines) is 1. The molecule has 20 heavy (non-hydrogen) atoms. The standard InChI is InChI=1S/C17H35N3/c1-5-14(2)17-13-20(15(3)12-18-17)11-8-16-6-9-19(4)10-7-16/h14-18H,5-13H2,1-4H3. The Labute approximate surface area is 126 Å². The number of hydrogen-bond acceptors (Lipinski definition) is 3. The van der Waals surface area contributed by atoms with Gasteiger partial charge in [-0.2, -0.15) is 0 Å². The van der Waals surface area contributed by atoms with E-state index in [1.807, 2.05) is 0 Å². The molecule has 0 bridgehead atoms. The molecule has 2 heterocycles. The molecule has 0 aromatic carbocycles. The molecule has 2 aliphatic rings. The van der Waals surface area contributed by atoms with E-state index in [1.54, 1.807) is 0 Å². The van der Waals surface area contributed by atoms with E-state index in [1.165, 1.54) is 58.4 Å². The Kier molecular flexibility index (Phi) is 6.31. The van der Waals surface area contributed by atoms with Gasteiger partial charge in [0.1, 0.15) is 0 Å². The van der Waals surface area contributed by atoms with Crippen molar-refractivity contribution in [3.8, 4) is 0 Å². The van der Waals surface area contributed by atoms with Gasteiger partial charge >= 0.3 is 0 Å². The molecule has 3 nitrogen and oxygen atoms in total. The van der Waals surface area contributed by atoms with Crippen LogP contribution < -0.4 is 5.32 Å². The largest absolute Gasteiger partial charge is 0.311 e. The number of nitrogens with zero attached hydrogens (tertiary/aromatic N) is 2. The highest BCUT2D eigenvalue weighted by atomic mass is 15.2. The summed E-state index contributed by atoms with van der Waals surface area (Å²) in [5.74, 6) is 1.77. The third-order valence-corrected chi connectivity index (χ3v) is 5.72. The maximum atomic E-state index is 3.74. The molecule has 1 N–H and O–H groups in total. The molecule has 0 aliphatic carbocycles. The van der Waals surface area contributed by atoms with Gasteiger partial charge < -0.3 is 10.2 Å². The zero-order valence-corrected chi connectivity index (χ0v) is 14.1. The molecule has 2 rings (SSSR count). The van der Waals surface area contributed by atoms with Gasteiger partial charge in [-0.3, -0.25) is 4.90 Å². The predicted molar refractivity (Wildman–Crippen MR) is 87.1 cm³/mol. The first-order chi connectivity index (χ1) is 9.60. The monoisotopic (exact) mass is 281 g/mol. The smallest absolute Gasteiger partial charge is 0.0221 e. The molecule has 0 aromatic heterocycles. The van der Waals surface area contributed by atoms with Crippen LogP contribution in [0.25, 0.3) is 0 Å².